The molecule has 0 aliphatic carbocycles. The van der Waals surface area contributed by atoms with Gasteiger partial charge in [0.05, 0.1) is 17.1 Å². The first kappa shape index (κ1) is 19.1. The second kappa shape index (κ2) is 7.13. The van der Waals surface area contributed by atoms with Crippen LogP contribution in [0.2, 0.25) is 0 Å². The van der Waals surface area contributed by atoms with E-state index in [1.54, 1.807) is 29.9 Å². The van der Waals surface area contributed by atoms with E-state index < -0.39 is 10.0 Å². The number of aromatic nitrogens is 4. The summed E-state index contributed by atoms with van der Waals surface area (Å²) in [6, 6.07) is 0. The van der Waals surface area contributed by atoms with E-state index in [1.165, 1.54) is 5.56 Å². The van der Waals surface area contributed by atoms with Gasteiger partial charge in [0.1, 0.15) is 4.90 Å². The fourth-order valence-electron chi connectivity index (χ4n) is 3.50. The van der Waals surface area contributed by atoms with Gasteiger partial charge in [-0.15, -0.1) is 0 Å². The molecule has 1 aliphatic heterocycles. The van der Waals surface area contributed by atoms with Crippen LogP contribution in [0.4, 0.5) is 0 Å². The summed E-state index contributed by atoms with van der Waals surface area (Å²) >= 11 is 0. The third kappa shape index (κ3) is 3.43. The lowest BCUT2D eigenvalue weighted by atomic mass is 10.2. The first-order valence-corrected chi connectivity index (χ1v) is 10.4. The Balaban J connectivity index is 1.69. The van der Waals surface area contributed by atoms with E-state index in [0.29, 0.717) is 42.5 Å². The average Bonchev–Trinajstić information content (AvgIpc) is 3.07. The molecule has 0 spiro atoms. The van der Waals surface area contributed by atoms with E-state index in [1.807, 2.05) is 11.6 Å². The van der Waals surface area contributed by atoms with Gasteiger partial charge in [0.2, 0.25) is 10.0 Å². The van der Waals surface area contributed by atoms with Crippen molar-refractivity contribution in [2.75, 3.05) is 26.2 Å². The Kier molecular flexibility index (Phi) is 5.23. The lowest BCUT2D eigenvalue weighted by Gasteiger charge is -2.33. The van der Waals surface area contributed by atoms with Gasteiger partial charge in [-0.3, -0.25) is 14.3 Å². The summed E-state index contributed by atoms with van der Waals surface area (Å²) in [7, 11) is -1.72. The number of aryl methyl sites for hydroxylation is 4. The molecule has 144 valence electrons. The van der Waals surface area contributed by atoms with Crippen LogP contribution in [0.25, 0.3) is 0 Å². The normalized spacial score (nSPS) is 17.1. The summed E-state index contributed by atoms with van der Waals surface area (Å²) in [5.74, 6) is 0. The van der Waals surface area contributed by atoms with E-state index in [9.17, 15) is 8.42 Å². The molecule has 9 heteroatoms. The van der Waals surface area contributed by atoms with Crippen LogP contribution in [0, 0.1) is 20.8 Å². The minimum Gasteiger partial charge on any atom is -0.296 e. The van der Waals surface area contributed by atoms with Crippen molar-refractivity contribution in [1.82, 2.24) is 28.8 Å². The van der Waals surface area contributed by atoms with Gasteiger partial charge in [-0.2, -0.15) is 14.5 Å². The molecule has 0 radical (unpaired) electrons. The molecule has 0 unspecified atom stereocenters. The predicted octanol–water partition coefficient (Wildman–Crippen LogP) is 1.07. The Morgan fingerprint density at radius 3 is 2.19 bits per heavy atom. The second-order valence-electron chi connectivity index (χ2n) is 6.90. The lowest BCUT2D eigenvalue weighted by Crippen LogP contribution is -2.48. The van der Waals surface area contributed by atoms with E-state index in [0.717, 1.165) is 18.8 Å². The molecule has 0 atom stereocenters. The number of rotatable bonds is 5. The zero-order valence-electron chi connectivity index (χ0n) is 16.2. The van der Waals surface area contributed by atoms with Crippen molar-refractivity contribution >= 4 is 10.0 Å². The highest BCUT2D eigenvalue weighted by molar-refractivity contribution is 7.89. The van der Waals surface area contributed by atoms with Crippen LogP contribution in [-0.4, -0.2) is 63.4 Å². The lowest BCUT2D eigenvalue weighted by molar-refractivity contribution is 0.181. The monoisotopic (exact) mass is 380 g/mol. The first-order valence-electron chi connectivity index (χ1n) is 8.99. The van der Waals surface area contributed by atoms with Crippen LogP contribution in [0.5, 0.6) is 0 Å². The summed E-state index contributed by atoms with van der Waals surface area (Å²) in [6.07, 6.45) is 2.08. The number of hydrogen-bond donors (Lipinski definition) is 0. The van der Waals surface area contributed by atoms with Gasteiger partial charge in [-0.25, -0.2) is 8.42 Å². The zero-order chi connectivity index (χ0) is 19.1. The van der Waals surface area contributed by atoms with Gasteiger partial charge in [0.15, 0.2) is 0 Å². The molecule has 0 aromatic carbocycles. The summed E-state index contributed by atoms with van der Waals surface area (Å²) in [5.41, 5.74) is 3.51. The Morgan fingerprint density at radius 1 is 1.04 bits per heavy atom. The van der Waals surface area contributed by atoms with E-state index in [2.05, 4.69) is 28.2 Å². The van der Waals surface area contributed by atoms with Crippen LogP contribution in [0.1, 0.15) is 29.6 Å². The Morgan fingerprint density at radius 2 is 1.69 bits per heavy atom. The largest absolute Gasteiger partial charge is 0.296 e. The SMILES string of the molecule is CCn1cc(CN2CCN(S(=O)(=O)c3c(C)nn(C)c3C)CC2)c(C)n1. The third-order valence-electron chi connectivity index (χ3n) is 5.14. The van der Waals surface area contributed by atoms with Crippen molar-refractivity contribution in [3.63, 3.8) is 0 Å². The van der Waals surface area contributed by atoms with Gasteiger partial charge in [-0.1, -0.05) is 0 Å². The van der Waals surface area contributed by atoms with E-state index in [4.69, 9.17) is 0 Å². The highest BCUT2D eigenvalue weighted by atomic mass is 32.2. The van der Waals surface area contributed by atoms with Crippen molar-refractivity contribution in [2.24, 2.45) is 7.05 Å². The molecule has 0 bridgehead atoms. The minimum absolute atomic E-state index is 0.355. The maximum atomic E-state index is 13.0. The topological polar surface area (TPSA) is 76.3 Å². The quantitative estimate of drug-likeness (QED) is 0.775. The van der Waals surface area contributed by atoms with Gasteiger partial charge < -0.3 is 0 Å². The smallest absolute Gasteiger partial charge is 0.246 e. The summed E-state index contributed by atoms with van der Waals surface area (Å²) in [5, 5.41) is 8.74. The molecular weight excluding hydrogens is 352 g/mol. The first-order chi connectivity index (χ1) is 12.2. The Labute approximate surface area is 155 Å². The fraction of sp³-hybridized carbons (Fsp3) is 0.647. The number of hydrogen-bond acceptors (Lipinski definition) is 5. The van der Waals surface area contributed by atoms with Crippen LogP contribution >= 0.6 is 0 Å². The summed E-state index contributed by atoms with van der Waals surface area (Å²) in [6.45, 7) is 11.7. The molecule has 26 heavy (non-hydrogen) atoms. The van der Waals surface area contributed by atoms with Crippen LogP contribution < -0.4 is 0 Å². The van der Waals surface area contributed by atoms with Gasteiger partial charge in [0, 0.05) is 58.1 Å². The average molecular weight is 381 g/mol. The van der Waals surface area contributed by atoms with Crippen molar-refractivity contribution in [2.45, 2.75) is 45.7 Å². The second-order valence-corrected chi connectivity index (χ2v) is 8.77. The molecule has 3 rings (SSSR count). The molecule has 0 saturated carbocycles. The molecule has 1 aliphatic rings. The number of nitrogens with zero attached hydrogens (tertiary/aromatic N) is 6. The molecule has 0 amide bonds. The maximum Gasteiger partial charge on any atom is 0.246 e. The molecule has 3 heterocycles. The van der Waals surface area contributed by atoms with Crippen molar-refractivity contribution < 1.29 is 8.42 Å². The van der Waals surface area contributed by atoms with Gasteiger partial charge in [0.25, 0.3) is 0 Å². The summed E-state index contributed by atoms with van der Waals surface area (Å²) in [4.78, 5) is 2.65. The predicted molar refractivity (Wildman–Crippen MR) is 99.4 cm³/mol. The van der Waals surface area contributed by atoms with Crippen molar-refractivity contribution in [3.05, 3.63) is 28.8 Å². The Bertz CT molecular complexity index is 891. The van der Waals surface area contributed by atoms with Crippen LogP contribution in [0.15, 0.2) is 11.1 Å². The maximum absolute atomic E-state index is 13.0. The van der Waals surface area contributed by atoms with Gasteiger partial charge >= 0.3 is 0 Å². The van der Waals surface area contributed by atoms with Crippen molar-refractivity contribution in [1.29, 1.82) is 0 Å². The number of piperazine rings is 1. The highest BCUT2D eigenvalue weighted by Gasteiger charge is 2.33. The molecule has 1 fully saturated rings. The minimum atomic E-state index is -3.50. The van der Waals surface area contributed by atoms with Crippen LogP contribution in [-0.2, 0) is 30.2 Å². The molecular formula is C17H28N6O2S. The van der Waals surface area contributed by atoms with E-state index >= 15 is 0 Å². The van der Waals surface area contributed by atoms with Crippen molar-refractivity contribution in [3.8, 4) is 0 Å². The van der Waals surface area contributed by atoms with Gasteiger partial charge in [-0.05, 0) is 27.7 Å². The third-order valence-corrected chi connectivity index (χ3v) is 7.29. The number of sulfonamides is 1. The molecule has 2 aromatic rings. The summed E-state index contributed by atoms with van der Waals surface area (Å²) < 4.78 is 31.3. The Hall–Kier alpha value is -1.71. The highest BCUT2D eigenvalue weighted by Crippen LogP contribution is 2.24. The molecule has 1 saturated heterocycles. The standard InChI is InChI=1S/C17H28N6O2S/c1-6-22-12-16(13(2)19-22)11-21-7-9-23(10-8-21)26(24,25)17-14(3)18-20(5)15(17)4/h12H,6-11H2,1-5H3. The molecule has 0 N–H and O–H groups in total. The molecule has 8 nitrogen and oxygen atoms in total. The van der Waals surface area contributed by atoms with Crippen LogP contribution in [0.3, 0.4) is 0 Å². The zero-order valence-corrected chi connectivity index (χ0v) is 17.0. The molecule has 2 aromatic heterocycles. The van der Waals surface area contributed by atoms with E-state index in [-0.39, 0.29) is 0 Å². The fourth-order valence-corrected chi connectivity index (χ4v) is 5.32.